The quantitative estimate of drug-likeness (QED) is 0.320. The molecular formula is C16H18O12S. The van der Waals surface area contributed by atoms with Gasteiger partial charge in [-0.3, -0.25) is 0 Å². The van der Waals surface area contributed by atoms with Crippen LogP contribution in [0.15, 0.2) is 70.5 Å². The third kappa shape index (κ3) is 45.3. The van der Waals surface area contributed by atoms with E-state index in [1.807, 2.05) is 12.1 Å². The molecule has 12 nitrogen and oxygen atoms in total. The van der Waals surface area contributed by atoms with E-state index in [1.165, 1.54) is 9.79 Å². The Morgan fingerprint density at radius 3 is 0.793 bits per heavy atom. The van der Waals surface area contributed by atoms with Crippen LogP contribution in [-0.2, 0) is 0 Å². The fourth-order valence-electron chi connectivity index (χ4n) is 1.11. The largest absolute Gasteiger partial charge is 0.503 e. The van der Waals surface area contributed by atoms with Gasteiger partial charge >= 0.3 is 24.6 Å². The number of carbonyl (C=O) groups is 4. The first-order valence-corrected chi connectivity index (χ1v) is 7.65. The van der Waals surface area contributed by atoms with Gasteiger partial charge in [-0.1, -0.05) is 48.2 Å². The Morgan fingerprint density at radius 2 is 0.621 bits per heavy atom. The van der Waals surface area contributed by atoms with Gasteiger partial charge in [-0.2, -0.15) is 0 Å². The highest BCUT2D eigenvalue weighted by Crippen LogP contribution is 2.26. The molecule has 2 rings (SSSR count). The van der Waals surface area contributed by atoms with E-state index in [0.29, 0.717) is 0 Å². The predicted octanol–water partition coefficient (Wildman–Crippen LogP) is 4.73. The molecular weight excluding hydrogens is 416 g/mol. The minimum absolute atomic E-state index is 1.29. The molecule has 0 aromatic heterocycles. The van der Waals surface area contributed by atoms with Crippen LogP contribution in [0.3, 0.4) is 0 Å². The average Bonchev–Trinajstić information content (AvgIpc) is 2.54. The second kappa shape index (κ2) is 20.2. The van der Waals surface area contributed by atoms with E-state index in [-0.39, 0.29) is 0 Å². The van der Waals surface area contributed by atoms with E-state index in [2.05, 4.69) is 48.5 Å². The van der Waals surface area contributed by atoms with Crippen LogP contribution in [-0.4, -0.2) is 65.5 Å². The fraction of sp³-hybridized carbons (Fsp3) is 0. The third-order valence-electron chi connectivity index (χ3n) is 1.72. The summed E-state index contributed by atoms with van der Waals surface area (Å²) in [5.74, 6) is 0. The van der Waals surface area contributed by atoms with E-state index < -0.39 is 24.6 Å². The molecule has 0 aliphatic rings. The maximum atomic E-state index is 8.56. The number of carboxylic acid groups (broad SMARTS) is 8. The van der Waals surface area contributed by atoms with Crippen molar-refractivity contribution in [2.75, 3.05) is 0 Å². The van der Waals surface area contributed by atoms with Gasteiger partial charge in [0.2, 0.25) is 0 Å². The number of hydrogen-bond acceptors (Lipinski definition) is 5. The first-order chi connectivity index (χ1) is 13.4. The van der Waals surface area contributed by atoms with Crippen molar-refractivity contribution in [2.45, 2.75) is 9.79 Å². The zero-order valence-electron chi connectivity index (χ0n) is 14.4. The number of rotatable bonds is 2. The zero-order valence-corrected chi connectivity index (χ0v) is 15.2. The van der Waals surface area contributed by atoms with Gasteiger partial charge in [0, 0.05) is 9.79 Å². The van der Waals surface area contributed by atoms with Crippen LogP contribution in [0, 0.1) is 0 Å². The Morgan fingerprint density at radius 1 is 0.448 bits per heavy atom. The second-order valence-electron chi connectivity index (χ2n) is 3.86. The normalized spacial score (nSPS) is 7.72. The molecule has 0 saturated heterocycles. The Labute approximate surface area is 167 Å². The van der Waals surface area contributed by atoms with E-state index >= 15 is 0 Å². The first kappa shape index (κ1) is 29.6. The lowest BCUT2D eigenvalue weighted by Gasteiger charge is -1.99. The highest BCUT2D eigenvalue weighted by atomic mass is 32.2. The summed E-state index contributed by atoms with van der Waals surface area (Å²) in [6.07, 6.45) is -7.33. The maximum Gasteiger partial charge on any atom is 0.503 e. The van der Waals surface area contributed by atoms with E-state index in [1.54, 1.807) is 11.8 Å². The molecule has 0 spiro atoms. The molecule has 2 aromatic rings. The molecule has 160 valence electrons. The minimum Gasteiger partial charge on any atom is -0.450 e. The predicted molar refractivity (Wildman–Crippen MR) is 99.6 cm³/mol. The first-order valence-electron chi connectivity index (χ1n) is 6.83. The van der Waals surface area contributed by atoms with Gasteiger partial charge in [0.05, 0.1) is 0 Å². The maximum absolute atomic E-state index is 8.56. The Balaban J connectivity index is -0.000000352. The van der Waals surface area contributed by atoms with Gasteiger partial charge in [0.25, 0.3) is 0 Å². The second-order valence-corrected chi connectivity index (χ2v) is 5.01. The summed E-state index contributed by atoms with van der Waals surface area (Å²) in [5, 5.41) is 55.8. The molecule has 0 fully saturated rings. The molecule has 0 radical (unpaired) electrons. The van der Waals surface area contributed by atoms with Crippen LogP contribution in [0.4, 0.5) is 19.2 Å². The van der Waals surface area contributed by atoms with Gasteiger partial charge in [0.1, 0.15) is 0 Å². The van der Waals surface area contributed by atoms with Gasteiger partial charge in [-0.05, 0) is 24.3 Å². The Hall–Kier alpha value is -4.13. The standard InChI is InChI=1S/C12H10S.4CH2O3/c1-3-7-11(8-4-1)13-12-9-5-2-6-10-12;4*2-1(3)4/h1-10H;4*(H2,2,3,4). The fourth-order valence-corrected chi connectivity index (χ4v) is 1.97. The topological polar surface area (TPSA) is 230 Å². The zero-order chi connectivity index (χ0) is 23.2. The van der Waals surface area contributed by atoms with Gasteiger partial charge < -0.3 is 40.9 Å². The molecule has 0 aliphatic carbocycles. The van der Waals surface area contributed by atoms with Crippen LogP contribution in [0.1, 0.15) is 0 Å². The van der Waals surface area contributed by atoms with E-state index in [9.17, 15) is 0 Å². The van der Waals surface area contributed by atoms with Crippen molar-refractivity contribution in [3.8, 4) is 0 Å². The molecule has 0 aliphatic heterocycles. The van der Waals surface area contributed by atoms with Crippen molar-refractivity contribution in [3.05, 3.63) is 60.7 Å². The summed E-state index contributed by atoms with van der Waals surface area (Å²) in [6.45, 7) is 0. The summed E-state index contributed by atoms with van der Waals surface area (Å²) in [7, 11) is 0. The van der Waals surface area contributed by atoms with Crippen LogP contribution >= 0.6 is 11.8 Å². The summed E-state index contributed by atoms with van der Waals surface area (Å²) in [5.41, 5.74) is 0. The van der Waals surface area contributed by atoms with E-state index in [0.717, 1.165) is 0 Å². The highest BCUT2D eigenvalue weighted by Gasteiger charge is 1.93. The monoisotopic (exact) mass is 434 g/mol. The lowest BCUT2D eigenvalue weighted by molar-refractivity contribution is 0.135. The molecule has 13 heteroatoms. The number of benzene rings is 2. The summed E-state index contributed by atoms with van der Waals surface area (Å²) < 4.78 is 0. The van der Waals surface area contributed by atoms with Crippen molar-refractivity contribution in [1.82, 2.24) is 0 Å². The smallest absolute Gasteiger partial charge is 0.450 e. The average molecular weight is 434 g/mol. The molecule has 0 amide bonds. The van der Waals surface area contributed by atoms with Crippen LogP contribution < -0.4 is 0 Å². The Kier molecular flexibility index (Phi) is 20.6. The minimum atomic E-state index is -1.83. The lowest BCUT2D eigenvalue weighted by Crippen LogP contribution is -1.81. The van der Waals surface area contributed by atoms with Crippen molar-refractivity contribution < 1.29 is 60.0 Å². The number of hydrogen-bond donors (Lipinski definition) is 8. The molecule has 8 N–H and O–H groups in total. The van der Waals surface area contributed by atoms with Crippen molar-refractivity contribution in [3.63, 3.8) is 0 Å². The molecule has 0 unspecified atom stereocenters. The van der Waals surface area contributed by atoms with E-state index in [4.69, 9.17) is 60.0 Å². The van der Waals surface area contributed by atoms with Gasteiger partial charge in [0.15, 0.2) is 0 Å². The lowest BCUT2D eigenvalue weighted by atomic mass is 10.4. The molecule has 0 heterocycles. The molecule has 0 atom stereocenters. The Bertz CT molecular complexity index is 605. The van der Waals surface area contributed by atoms with Gasteiger partial charge in [-0.25, -0.2) is 19.2 Å². The van der Waals surface area contributed by atoms with Crippen molar-refractivity contribution >= 4 is 36.4 Å². The van der Waals surface area contributed by atoms with Crippen LogP contribution in [0.5, 0.6) is 0 Å². The summed E-state index contributed by atoms with van der Waals surface area (Å²) in [4.78, 5) is 36.8. The van der Waals surface area contributed by atoms with Crippen molar-refractivity contribution in [2.24, 2.45) is 0 Å². The molecule has 0 saturated carbocycles. The van der Waals surface area contributed by atoms with Crippen LogP contribution in [0.2, 0.25) is 0 Å². The molecule has 29 heavy (non-hydrogen) atoms. The van der Waals surface area contributed by atoms with Gasteiger partial charge in [-0.15, -0.1) is 0 Å². The summed E-state index contributed by atoms with van der Waals surface area (Å²) in [6, 6.07) is 20.8. The molecule has 0 bridgehead atoms. The molecule has 2 aromatic carbocycles. The highest BCUT2D eigenvalue weighted by molar-refractivity contribution is 7.99. The summed E-state index contributed by atoms with van der Waals surface area (Å²) >= 11 is 1.79. The van der Waals surface area contributed by atoms with Crippen molar-refractivity contribution in [1.29, 1.82) is 0 Å². The SMILES string of the molecule is O=C(O)O.O=C(O)O.O=C(O)O.O=C(O)O.c1ccc(Sc2ccccc2)cc1. The van der Waals surface area contributed by atoms with Crippen LogP contribution in [0.25, 0.3) is 0 Å². The third-order valence-corrected chi connectivity index (χ3v) is 2.74.